The Bertz CT molecular complexity index is 449. The molecule has 2 rings (SSSR count). The van der Waals surface area contributed by atoms with Crippen LogP contribution in [-0.2, 0) is 13.6 Å². The highest BCUT2D eigenvalue weighted by molar-refractivity contribution is 5.49. The molecule has 0 amide bonds. The van der Waals surface area contributed by atoms with E-state index >= 15 is 0 Å². The second-order valence-corrected chi connectivity index (χ2v) is 6.42. The third-order valence-corrected chi connectivity index (χ3v) is 4.10. The highest BCUT2D eigenvalue weighted by Gasteiger charge is 2.29. The van der Waals surface area contributed by atoms with Crippen molar-refractivity contribution >= 4 is 5.82 Å². The topological polar surface area (TPSA) is 53.3 Å². The Morgan fingerprint density at radius 1 is 1.45 bits per heavy atom. The van der Waals surface area contributed by atoms with Gasteiger partial charge >= 0.3 is 0 Å². The van der Waals surface area contributed by atoms with E-state index in [4.69, 9.17) is 0 Å². The molecule has 0 aliphatic heterocycles. The van der Waals surface area contributed by atoms with Crippen LogP contribution in [0.2, 0.25) is 0 Å². The Morgan fingerprint density at radius 3 is 2.65 bits per heavy atom. The first-order chi connectivity index (χ1) is 9.38. The lowest BCUT2D eigenvalue weighted by molar-refractivity contribution is 0.0463. The molecule has 1 aliphatic carbocycles. The lowest BCUT2D eigenvalue weighted by Gasteiger charge is -2.35. The molecule has 5 nitrogen and oxygen atoms in total. The summed E-state index contributed by atoms with van der Waals surface area (Å²) in [6.45, 7) is 8.23. The second kappa shape index (κ2) is 6.14. The number of aromatic nitrogens is 2. The van der Waals surface area contributed by atoms with Gasteiger partial charge in [0.05, 0.1) is 11.8 Å². The summed E-state index contributed by atoms with van der Waals surface area (Å²) in [6, 6.07) is 0.467. The number of aliphatic hydroxyl groups excluding tert-OH is 1. The van der Waals surface area contributed by atoms with E-state index in [9.17, 15) is 5.11 Å². The van der Waals surface area contributed by atoms with E-state index in [1.807, 2.05) is 11.7 Å². The average molecular weight is 280 g/mol. The van der Waals surface area contributed by atoms with Crippen LogP contribution in [0.1, 0.15) is 37.9 Å². The third kappa shape index (κ3) is 3.33. The summed E-state index contributed by atoms with van der Waals surface area (Å²) in [7, 11) is 4.13. The van der Waals surface area contributed by atoms with Crippen molar-refractivity contribution in [2.75, 3.05) is 18.5 Å². The minimum atomic E-state index is -0.0799. The molecule has 1 heterocycles. The van der Waals surface area contributed by atoms with Crippen LogP contribution in [0.15, 0.2) is 0 Å². The van der Waals surface area contributed by atoms with Crippen molar-refractivity contribution in [1.29, 1.82) is 0 Å². The maximum atomic E-state index is 9.41. The molecule has 1 fully saturated rings. The Kier molecular flexibility index (Phi) is 4.70. The van der Waals surface area contributed by atoms with Crippen molar-refractivity contribution in [3.8, 4) is 0 Å². The van der Waals surface area contributed by atoms with Gasteiger partial charge in [0.2, 0.25) is 0 Å². The number of aryl methyl sites for hydroxylation is 2. The molecule has 5 heteroatoms. The van der Waals surface area contributed by atoms with E-state index < -0.39 is 0 Å². The highest BCUT2D eigenvalue weighted by Crippen LogP contribution is 2.30. The van der Waals surface area contributed by atoms with Crippen LogP contribution in [-0.4, -0.2) is 40.6 Å². The normalized spacial score (nSPS) is 22.1. The van der Waals surface area contributed by atoms with Gasteiger partial charge in [0.15, 0.2) is 0 Å². The Morgan fingerprint density at radius 2 is 2.10 bits per heavy atom. The van der Waals surface area contributed by atoms with Crippen LogP contribution in [0.25, 0.3) is 0 Å². The summed E-state index contributed by atoms with van der Waals surface area (Å²) in [5.41, 5.74) is 2.37. The van der Waals surface area contributed by atoms with Gasteiger partial charge in [-0.2, -0.15) is 5.10 Å². The first kappa shape index (κ1) is 15.3. The average Bonchev–Trinajstić information content (AvgIpc) is 2.59. The van der Waals surface area contributed by atoms with Crippen molar-refractivity contribution in [1.82, 2.24) is 15.1 Å². The Labute approximate surface area is 122 Å². The van der Waals surface area contributed by atoms with E-state index in [1.165, 1.54) is 11.4 Å². The summed E-state index contributed by atoms with van der Waals surface area (Å²) < 4.78 is 1.97. The largest absolute Gasteiger partial charge is 0.393 e. The van der Waals surface area contributed by atoms with E-state index in [1.54, 1.807) is 0 Å². The smallest absolute Gasteiger partial charge is 0.131 e. The summed E-state index contributed by atoms with van der Waals surface area (Å²) in [6.07, 6.45) is 1.78. The fraction of sp³-hybridized carbons (Fsp3) is 0.800. The molecule has 1 saturated carbocycles. The molecule has 114 valence electrons. The molecule has 2 N–H and O–H groups in total. The molecule has 0 bridgehead atoms. The van der Waals surface area contributed by atoms with Crippen molar-refractivity contribution in [2.24, 2.45) is 13.0 Å². The standard InChI is InChI=1S/C15H28N4O/c1-10(2)16-8-14-11(3)17-19(5)15(14)18(4)9-12-6-13(20)7-12/h10,12-13,16,20H,6-9H2,1-5H3. The monoisotopic (exact) mass is 280 g/mol. The lowest BCUT2D eigenvalue weighted by atomic mass is 9.82. The number of nitrogens with zero attached hydrogens (tertiary/aromatic N) is 3. The van der Waals surface area contributed by atoms with E-state index in [2.05, 4.69) is 43.1 Å². The van der Waals surface area contributed by atoms with Crippen LogP contribution in [0.3, 0.4) is 0 Å². The van der Waals surface area contributed by atoms with Gasteiger partial charge in [-0.3, -0.25) is 4.68 Å². The molecule has 0 unspecified atom stereocenters. The van der Waals surface area contributed by atoms with Crippen LogP contribution in [0.4, 0.5) is 5.82 Å². The van der Waals surface area contributed by atoms with Crippen molar-refractivity contribution in [2.45, 2.75) is 52.3 Å². The summed E-state index contributed by atoms with van der Waals surface area (Å²) >= 11 is 0. The summed E-state index contributed by atoms with van der Waals surface area (Å²) in [4.78, 5) is 2.29. The van der Waals surface area contributed by atoms with E-state index in [-0.39, 0.29) is 6.10 Å². The second-order valence-electron chi connectivity index (χ2n) is 6.42. The van der Waals surface area contributed by atoms with E-state index in [0.717, 1.165) is 31.6 Å². The molecule has 0 saturated heterocycles. The molecule has 1 aromatic heterocycles. The molecule has 1 aromatic rings. The molecule has 0 aromatic carbocycles. The van der Waals surface area contributed by atoms with Crippen LogP contribution in [0.5, 0.6) is 0 Å². The first-order valence-corrected chi connectivity index (χ1v) is 7.53. The minimum Gasteiger partial charge on any atom is -0.393 e. The molecule has 0 radical (unpaired) electrons. The Hall–Kier alpha value is -1.07. The van der Waals surface area contributed by atoms with Gasteiger partial charge in [0, 0.05) is 38.8 Å². The molecule has 20 heavy (non-hydrogen) atoms. The van der Waals surface area contributed by atoms with Gasteiger partial charge < -0.3 is 15.3 Å². The lowest BCUT2D eigenvalue weighted by Crippen LogP contribution is -2.38. The van der Waals surface area contributed by atoms with Gasteiger partial charge in [-0.15, -0.1) is 0 Å². The first-order valence-electron chi connectivity index (χ1n) is 7.53. The molecule has 1 aliphatic rings. The minimum absolute atomic E-state index is 0.0799. The zero-order chi connectivity index (χ0) is 14.9. The fourth-order valence-corrected chi connectivity index (χ4v) is 3.00. The van der Waals surface area contributed by atoms with Crippen molar-refractivity contribution in [3.63, 3.8) is 0 Å². The Balaban J connectivity index is 2.08. The zero-order valence-electron chi connectivity index (χ0n) is 13.3. The van der Waals surface area contributed by atoms with Gasteiger partial charge in [-0.25, -0.2) is 0 Å². The van der Waals surface area contributed by atoms with Gasteiger partial charge in [-0.05, 0) is 25.7 Å². The van der Waals surface area contributed by atoms with Gasteiger partial charge in [0.1, 0.15) is 5.82 Å². The number of rotatable bonds is 6. The van der Waals surface area contributed by atoms with Crippen molar-refractivity contribution < 1.29 is 5.11 Å². The van der Waals surface area contributed by atoms with Crippen LogP contribution in [0, 0.1) is 12.8 Å². The highest BCUT2D eigenvalue weighted by atomic mass is 16.3. The predicted molar refractivity (Wildman–Crippen MR) is 81.9 cm³/mol. The number of anilines is 1. The third-order valence-electron chi connectivity index (χ3n) is 4.10. The summed E-state index contributed by atoms with van der Waals surface area (Å²) in [5, 5.41) is 17.5. The quantitative estimate of drug-likeness (QED) is 0.828. The maximum absolute atomic E-state index is 9.41. The maximum Gasteiger partial charge on any atom is 0.131 e. The number of hydrogen-bond donors (Lipinski definition) is 2. The SMILES string of the molecule is Cc1nn(C)c(N(C)CC2CC(O)C2)c1CNC(C)C. The number of aliphatic hydroxyl groups is 1. The van der Waals surface area contributed by atoms with Gasteiger partial charge in [-0.1, -0.05) is 13.8 Å². The van der Waals surface area contributed by atoms with Crippen LogP contribution >= 0.6 is 0 Å². The van der Waals surface area contributed by atoms with Crippen molar-refractivity contribution in [3.05, 3.63) is 11.3 Å². The predicted octanol–water partition coefficient (Wildman–Crippen LogP) is 1.43. The molecule has 0 atom stereocenters. The fourth-order valence-electron chi connectivity index (χ4n) is 3.00. The van der Waals surface area contributed by atoms with Gasteiger partial charge in [0.25, 0.3) is 0 Å². The summed E-state index contributed by atoms with van der Waals surface area (Å²) in [5.74, 6) is 1.80. The number of hydrogen-bond acceptors (Lipinski definition) is 4. The molecular formula is C15H28N4O. The molecule has 0 spiro atoms. The van der Waals surface area contributed by atoms with Crippen LogP contribution < -0.4 is 10.2 Å². The van der Waals surface area contributed by atoms with E-state index in [0.29, 0.717) is 12.0 Å². The molecular weight excluding hydrogens is 252 g/mol. The zero-order valence-corrected chi connectivity index (χ0v) is 13.3. The number of nitrogens with one attached hydrogen (secondary N) is 1.